The summed E-state index contributed by atoms with van der Waals surface area (Å²) in [6.45, 7) is 0.975. The molecule has 33 heavy (non-hydrogen) atoms. The van der Waals surface area contributed by atoms with E-state index in [1.165, 1.54) is 25.2 Å². The first kappa shape index (κ1) is 24.8. The SMILES string of the molecule is Cn1c(=O)c(N2CCN(Cc3ccccc3C(F)(F)F)CC2)nn(CCCC(F)(F)F)c1=O. The van der Waals surface area contributed by atoms with E-state index in [1.54, 1.807) is 4.90 Å². The van der Waals surface area contributed by atoms with Crippen LogP contribution in [0.3, 0.4) is 0 Å². The molecular formula is C20H23F6N5O2. The lowest BCUT2D eigenvalue weighted by atomic mass is 10.1. The van der Waals surface area contributed by atoms with Gasteiger partial charge in [-0.2, -0.15) is 26.3 Å². The third kappa shape index (κ3) is 6.15. The third-order valence-corrected chi connectivity index (χ3v) is 5.44. The van der Waals surface area contributed by atoms with Crippen LogP contribution in [0.5, 0.6) is 0 Å². The first-order chi connectivity index (χ1) is 15.4. The molecule has 0 bridgehead atoms. The molecule has 0 amide bonds. The number of benzene rings is 1. The fourth-order valence-electron chi connectivity index (χ4n) is 3.68. The van der Waals surface area contributed by atoms with Gasteiger partial charge in [-0.05, 0) is 18.1 Å². The number of piperazine rings is 1. The van der Waals surface area contributed by atoms with Crippen LogP contribution in [0.4, 0.5) is 32.2 Å². The molecule has 2 aromatic rings. The second kappa shape index (κ2) is 9.57. The summed E-state index contributed by atoms with van der Waals surface area (Å²) in [5.74, 6) is -0.0700. The van der Waals surface area contributed by atoms with Crippen molar-refractivity contribution in [3.63, 3.8) is 0 Å². The molecule has 0 atom stereocenters. The minimum atomic E-state index is -4.46. The predicted molar refractivity (Wildman–Crippen MR) is 108 cm³/mol. The highest BCUT2D eigenvalue weighted by atomic mass is 19.4. The summed E-state index contributed by atoms with van der Waals surface area (Å²) in [7, 11) is 1.22. The molecular weight excluding hydrogens is 456 g/mol. The Morgan fingerprint density at radius 1 is 0.970 bits per heavy atom. The summed E-state index contributed by atoms with van der Waals surface area (Å²) >= 11 is 0. The van der Waals surface area contributed by atoms with Gasteiger partial charge in [0.2, 0.25) is 5.82 Å². The molecule has 0 radical (unpaired) electrons. The Kier molecular flexibility index (Phi) is 7.20. The van der Waals surface area contributed by atoms with Crippen LogP contribution in [0.2, 0.25) is 0 Å². The molecule has 2 heterocycles. The van der Waals surface area contributed by atoms with Gasteiger partial charge >= 0.3 is 18.0 Å². The Hall–Kier alpha value is -2.83. The topological polar surface area (TPSA) is 63.4 Å². The molecule has 1 aliphatic rings. The Labute approximate surface area is 184 Å². The minimum absolute atomic E-state index is 0.0700. The maximum atomic E-state index is 13.2. The summed E-state index contributed by atoms with van der Waals surface area (Å²) < 4.78 is 78.6. The van der Waals surface area contributed by atoms with Crippen molar-refractivity contribution >= 4 is 5.82 Å². The zero-order valence-corrected chi connectivity index (χ0v) is 17.8. The lowest BCUT2D eigenvalue weighted by Crippen LogP contribution is -2.50. The molecule has 3 rings (SSSR count). The van der Waals surface area contributed by atoms with E-state index in [2.05, 4.69) is 5.10 Å². The van der Waals surface area contributed by atoms with E-state index < -0.39 is 35.6 Å². The molecule has 1 fully saturated rings. The normalized spacial score (nSPS) is 15.8. The number of halogens is 6. The second-order valence-electron chi connectivity index (χ2n) is 7.83. The zero-order valence-electron chi connectivity index (χ0n) is 17.8. The average molecular weight is 479 g/mol. The maximum absolute atomic E-state index is 13.2. The summed E-state index contributed by atoms with van der Waals surface area (Å²) in [6.07, 6.45) is -10.3. The van der Waals surface area contributed by atoms with E-state index in [4.69, 9.17) is 0 Å². The number of alkyl halides is 6. The second-order valence-corrected chi connectivity index (χ2v) is 7.83. The van der Waals surface area contributed by atoms with Gasteiger partial charge in [-0.15, -0.1) is 5.10 Å². The van der Waals surface area contributed by atoms with Crippen molar-refractivity contribution in [1.82, 2.24) is 19.2 Å². The van der Waals surface area contributed by atoms with Gasteiger partial charge in [-0.25, -0.2) is 9.48 Å². The van der Waals surface area contributed by atoms with Crippen molar-refractivity contribution in [1.29, 1.82) is 0 Å². The Morgan fingerprint density at radius 2 is 1.61 bits per heavy atom. The van der Waals surface area contributed by atoms with Crippen molar-refractivity contribution in [2.45, 2.75) is 38.3 Å². The molecule has 1 aromatic carbocycles. The van der Waals surface area contributed by atoms with Gasteiger partial charge in [0.25, 0.3) is 5.56 Å². The van der Waals surface area contributed by atoms with E-state index in [1.807, 2.05) is 4.90 Å². The fraction of sp³-hybridized carbons (Fsp3) is 0.550. The monoisotopic (exact) mass is 479 g/mol. The van der Waals surface area contributed by atoms with Crippen LogP contribution in [0.1, 0.15) is 24.0 Å². The summed E-state index contributed by atoms with van der Waals surface area (Å²) in [4.78, 5) is 28.1. The van der Waals surface area contributed by atoms with Crippen LogP contribution in [0.25, 0.3) is 0 Å². The number of aromatic nitrogens is 3. The average Bonchev–Trinajstić information content (AvgIpc) is 2.73. The Morgan fingerprint density at radius 3 is 2.21 bits per heavy atom. The quantitative estimate of drug-likeness (QED) is 0.597. The van der Waals surface area contributed by atoms with Crippen molar-refractivity contribution < 1.29 is 26.3 Å². The zero-order chi connectivity index (χ0) is 24.4. The summed E-state index contributed by atoms with van der Waals surface area (Å²) in [6, 6.07) is 5.32. The highest BCUT2D eigenvalue weighted by Gasteiger charge is 2.33. The molecule has 0 saturated carbocycles. The van der Waals surface area contributed by atoms with E-state index >= 15 is 0 Å². The van der Waals surface area contributed by atoms with Gasteiger partial charge in [0.05, 0.1) is 5.56 Å². The molecule has 1 aromatic heterocycles. The van der Waals surface area contributed by atoms with Crippen molar-refractivity contribution in [3.05, 3.63) is 56.2 Å². The lowest BCUT2D eigenvalue weighted by molar-refractivity contribution is -0.138. The largest absolute Gasteiger partial charge is 0.416 e. The van der Waals surface area contributed by atoms with Crippen LogP contribution in [-0.4, -0.2) is 51.6 Å². The lowest BCUT2D eigenvalue weighted by Gasteiger charge is -2.35. The minimum Gasteiger partial charge on any atom is -0.348 e. The maximum Gasteiger partial charge on any atom is 0.416 e. The fourth-order valence-corrected chi connectivity index (χ4v) is 3.68. The standard InChI is InChI=1S/C20H23F6N5O2/c1-28-17(32)16(27-31(18(28)33)8-4-7-19(21,22)23)30-11-9-29(10-12-30)13-14-5-2-3-6-15(14)20(24,25)26/h2-3,5-6H,4,7-13H2,1H3. The molecule has 7 nitrogen and oxygen atoms in total. The van der Waals surface area contributed by atoms with Gasteiger partial charge in [0.1, 0.15) is 0 Å². The Balaban J connectivity index is 1.71. The Bertz CT molecular complexity index is 1080. The number of aryl methyl sites for hydroxylation is 1. The van der Waals surface area contributed by atoms with Crippen LogP contribution >= 0.6 is 0 Å². The van der Waals surface area contributed by atoms with Gasteiger partial charge in [0, 0.05) is 52.7 Å². The number of anilines is 1. The number of rotatable bonds is 6. The number of nitrogens with zero attached hydrogens (tertiary/aromatic N) is 5. The molecule has 13 heteroatoms. The van der Waals surface area contributed by atoms with E-state index in [0.29, 0.717) is 13.1 Å². The molecule has 1 aliphatic heterocycles. The van der Waals surface area contributed by atoms with E-state index in [0.717, 1.165) is 15.3 Å². The van der Waals surface area contributed by atoms with Crippen molar-refractivity contribution in [2.75, 3.05) is 31.1 Å². The van der Waals surface area contributed by atoms with Gasteiger partial charge < -0.3 is 4.90 Å². The number of hydrogen-bond donors (Lipinski definition) is 0. The van der Waals surface area contributed by atoms with Crippen molar-refractivity contribution in [3.8, 4) is 0 Å². The summed E-state index contributed by atoms with van der Waals surface area (Å²) in [5.41, 5.74) is -2.05. The third-order valence-electron chi connectivity index (χ3n) is 5.44. The molecule has 182 valence electrons. The highest BCUT2D eigenvalue weighted by molar-refractivity contribution is 5.36. The van der Waals surface area contributed by atoms with Gasteiger partial charge in [-0.1, -0.05) is 18.2 Å². The highest BCUT2D eigenvalue weighted by Crippen LogP contribution is 2.32. The first-order valence-electron chi connectivity index (χ1n) is 10.2. The first-order valence-corrected chi connectivity index (χ1v) is 10.2. The molecule has 0 spiro atoms. The van der Waals surface area contributed by atoms with Crippen molar-refractivity contribution in [2.24, 2.45) is 7.05 Å². The van der Waals surface area contributed by atoms with Gasteiger partial charge in [-0.3, -0.25) is 14.3 Å². The molecule has 0 N–H and O–H groups in total. The van der Waals surface area contributed by atoms with E-state index in [9.17, 15) is 35.9 Å². The smallest absolute Gasteiger partial charge is 0.348 e. The van der Waals surface area contributed by atoms with Crippen LogP contribution in [0, 0.1) is 0 Å². The van der Waals surface area contributed by atoms with E-state index in [-0.39, 0.29) is 44.0 Å². The van der Waals surface area contributed by atoms with Crippen LogP contribution < -0.4 is 16.1 Å². The van der Waals surface area contributed by atoms with Gasteiger partial charge in [0.15, 0.2) is 0 Å². The molecule has 0 aliphatic carbocycles. The molecule has 1 saturated heterocycles. The molecule has 0 unspecified atom stereocenters. The predicted octanol–water partition coefficient (Wildman–Crippen LogP) is 2.63. The van der Waals surface area contributed by atoms with Crippen LogP contribution in [0.15, 0.2) is 33.9 Å². The summed E-state index contributed by atoms with van der Waals surface area (Å²) in [5, 5.41) is 3.99. The number of hydrogen-bond acceptors (Lipinski definition) is 5. The van der Waals surface area contributed by atoms with Crippen LogP contribution in [-0.2, 0) is 26.3 Å².